The van der Waals surface area contributed by atoms with Crippen LogP contribution in [-0.2, 0) is 9.47 Å². The number of aromatic hydroxyl groups is 1. The maximum Gasteiger partial charge on any atom is 0.326 e. The van der Waals surface area contributed by atoms with Crippen molar-refractivity contribution in [3.05, 3.63) is 35.2 Å². The molecule has 9 heteroatoms. The molecule has 2 aromatic heterocycles. The number of carbonyl (C=O) groups excluding carboxylic acids is 1. The molecular weight excluding hydrogens is 386 g/mol. The van der Waals surface area contributed by atoms with Gasteiger partial charge in [0.15, 0.2) is 5.65 Å². The summed E-state index contributed by atoms with van der Waals surface area (Å²) in [5, 5.41) is 10.2. The third-order valence-corrected chi connectivity index (χ3v) is 4.64. The zero-order valence-electron chi connectivity index (χ0n) is 17.0. The van der Waals surface area contributed by atoms with Crippen molar-refractivity contribution in [3.63, 3.8) is 0 Å². The highest BCUT2D eigenvalue weighted by molar-refractivity contribution is 6.05. The number of hydrogen-bond acceptors (Lipinski definition) is 7. The van der Waals surface area contributed by atoms with E-state index in [0.29, 0.717) is 41.1 Å². The van der Waals surface area contributed by atoms with Crippen LogP contribution >= 0.6 is 0 Å². The molecule has 0 aliphatic heterocycles. The van der Waals surface area contributed by atoms with Gasteiger partial charge in [-0.15, -0.1) is 0 Å². The van der Waals surface area contributed by atoms with Crippen molar-refractivity contribution in [1.82, 2.24) is 14.5 Å². The van der Waals surface area contributed by atoms with E-state index < -0.39 is 6.03 Å². The number of primary amides is 1. The maximum atomic E-state index is 12.0. The largest absolute Gasteiger partial charge is 0.508 e. The fourth-order valence-corrected chi connectivity index (χ4v) is 3.20. The van der Waals surface area contributed by atoms with Gasteiger partial charge in [0.05, 0.1) is 25.0 Å². The minimum Gasteiger partial charge on any atom is -0.508 e. The quantitative estimate of drug-likeness (QED) is 0.432. The van der Waals surface area contributed by atoms with Crippen LogP contribution in [-0.4, -0.2) is 52.6 Å². The Labute approximate surface area is 173 Å². The number of rotatable bonds is 5. The molecule has 0 radical (unpaired) electrons. The fourth-order valence-electron chi connectivity index (χ4n) is 3.20. The lowest BCUT2D eigenvalue weighted by molar-refractivity contribution is 0.0877. The van der Waals surface area contributed by atoms with Gasteiger partial charge in [-0.1, -0.05) is 12.0 Å². The second-order valence-corrected chi connectivity index (χ2v) is 6.61. The Morgan fingerprint density at radius 2 is 2.03 bits per heavy atom. The van der Waals surface area contributed by atoms with Gasteiger partial charge in [0, 0.05) is 7.11 Å². The molecule has 9 nitrogen and oxygen atoms in total. The first-order valence-electron chi connectivity index (χ1n) is 9.18. The first kappa shape index (κ1) is 21.1. The van der Waals surface area contributed by atoms with Crippen LogP contribution in [0, 0.1) is 25.7 Å². The van der Waals surface area contributed by atoms with E-state index in [0.717, 1.165) is 10.1 Å². The Kier molecular flexibility index (Phi) is 6.20. The highest BCUT2D eigenvalue weighted by atomic mass is 16.5. The minimum absolute atomic E-state index is 0.0994. The number of fused-ring (bicyclic) bond motifs is 1. The van der Waals surface area contributed by atoms with Crippen molar-refractivity contribution in [3.8, 4) is 28.7 Å². The van der Waals surface area contributed by atoms with Crippen LogP contribution < -0.4 is 11.5 Å². The van der Waals surface area contributed by atoms with Gasteiger partial charge >= 0.3 is 6.03 Å². The molecule has 156 valence electrons. The smallest absolute Gasteiger partial charge is 0.326 e. The van der Waals surface area contributed by atoms with Crippen LogP contribution in [0.4, 0.5) is 10.6 Å². The van der Waals surface area contributed by atoms with Crippen molar-refractivity contribution in [2.24, 2.45) is 5.73 Å². The summed E-state index contributed by atoms with van der Waals surface area (Å²) in [6.07, 6.45) is 1.44. The lowest BCUT2D eigenvalue weighted by atomic mass is 9.95. The van der Waals surface area contributed by atoms with Gasteiger partial charge < -0.3 is 26.0 Å². The Bertz CT molecular complexity index is 1170. The van der Waals surface area contributed by atoms with Gasteiger partial charge in [-0.05, 0) is 42.5 Å². The molecule has 1 amide bonds. The summed E-state index contributed by atoms with van der Waals surface area (Å²) in [6, 6.07) is 2.59. The van der Waals surface area contributed by atoms with E-state index in [-0.39, 0.29) is 23.8 Å². The monoisotopic (exact) mass is 409 g/mol. The van der Waals surface area contributed by atoms with Crippen molar-refractivity contribution >= 4 is 23.0 Å². The number of nitrogens with two attached hydrogens (primary N) is 2. The van der Waals surface area contributed by atoms with Gasteiger partial charge in [0.25, 0.3) is 0 Å². The van der Waals surface area contributed by atoms with Gasteiger partial charge in [0.1, 0.15) is 29.4 Å². The topological polar surface area (TPSA) is 139 Å². The molecule has 0 aliphatic rings. The summed E-state index contributed by atoms with van der Waals surface area (Å²) >= 11 is 0. The SMILES string of the molecule is COCCOCC#Cc1cnc2c(n1)c(-c1c(C)ccc(O)c1C)c(N)n2C(N)=O. The summed E-state index contributed by atoms with van der Waals surface area (Å²) < 4.78 is 11.3. The molecule has 0 unspecified atom stereocenters. The molecule has 30 heavy (non-hydrogen) atoms. The number of aromatic nitrogens is 3. The molecule has 5 N–H and O–H groups in total. The summed E-state index contributed by atoms with van der Waals surface area (Å²) in [4.78, 5) is 20.9. The second kappa shape index (κ2) is 8.82. The molecular formula is C21H23N5O4. The Hall–Kier alpha value is -3.61. The van der Waals surface area contributed by atoms with E-state index in [1.807, 2.05) is 6.92 Å². The van der Waals surface area contributed by atoms with Crippen LogP contribution in [0.5, 0.6) is 5.75 Å². The molecule has 0 bridgehead atoms. The first-order valence-corrected chi connectivity index (χ1v) is 9.18. The molecule has 0 atom stereocenters. The normalized spacial score (nSPS) is 10.8. The number of benzene rings is 1. The highest BCUT2D eigenvalue weighted by Gasteiger charge is 2.24. The number of carbonyl (C=O) groups is 1. The molecule has 2 heterocycles. The van der Waals surface area contributed by atoms with Gasteiger partial charge in [-0.25, -0.2) is 19.3 Å². The van der Waals surface area contributed by atoms with Crippen molar-refractivity contribution < 1.29 is 19.4 Å². The van der Waals surface area contributed by atoms with E-state index in [1.54, 1.807) is 26.2 Å². The number of aryl methyl sites for hydroxylation is 1. The zero-order valence-corrected chi connectivity index (χ0v) is 17.0. The summed E-state index contributed by atoms with van der Waals surface area (Å²) in [5.41, 5.74) is 15.4. The lowest BCUT2D eigenvalue weighted by Gasteiger charge is -2.11. The summed E-state index contributed by atoms with van der Waals surface area (Å²) in [5.74, 6) is 5.95. The summed E-state index contributed by atoms with van der Waals surface area (Å²) in [6.45, 7) is 4.78. The van der Waals surface area contributed by atoms with Crippen LogP contribution in [0.2, 0.25) is 0 Å². The van der Waals surface area contributed by atoms with Crippen LogP contribution in [0.25, 0.3) is 22.3 Å². The number of anilines is 1. The van der Waals surface area contributed by atoms with Crippen molar-refractivity contribution in [2.75, 3.05) is 32.7 Å². The van der Waals surface area contributed by atoms with Crippen LogP contribution in [0.15, 0.2) is 18.3 Å². The minimum atomic E-state index is -0.779. The Morgan fingerprint density at radius 3 is 2.73 bits per heavy atom. The molecule has 3 aromatic rings. The average molecular weight is 409 g/mol. The first-order chi connectivity index (χ1) is 14.4. The van der Waals surface area contributed by atoms with Crippen molar-refractivity contribution in [2.45, 2.75) is 13.8 Å². The molecule has 0 fully saturated rings. The van der Waals surface area contributed by atoms with E-state index >= 15 is 0 Å². The fraction of sp³-hybridized carbons (Fsp3) is 0.286. The molecule has 3 rings (SSSR count). The van der Waals surface area contributed by atoms with E-state index in [2.05, 4.69) is 21.8 Å². The molecule has 0 saturated heterocycles. The predicted octanol–water partition coefficient (Wildman–Crippen LogP) is 1.94. The number of hydrogen-bond donors (Lipinski definition) is 3. The number of methoxy groups -OCH3 is 1. The van der Waals surface area contributed by atoms with E-state index in [1.165, 1.54) is 6.20 Å². The number of nitrogen functional groups attached to an aromatic ring is 1. The number of nitrogens with zero attached hydrogens (tertiary/aromatic N) is 3. The zero-order chi connectivity index (χ0) is 21.8. The maximum absolute atomic E-state index is 12.0. The van der Waals surface area contributed by atoms with Crippen LogP contribution in [0.3, 0.4) is 0 Å². The second-order valence-electron chi connectivity index (χ2n) is 6.61. The van der Waals surface area contributed by atoms with Crippen molar-refractivity contribution in [1.29, 1.82) is 0 Å². The van der Waals surface area contributed by atoms with E-state index in [4.69, 9.17) is 20.9 Å². The molecule has 0 spiro atoms. The van der Waals surface area contributed by atoms with Gasteiger partial charge in [0.2, 0.25) is 0 Å². The highest BCUT2D eigenvalue weighted by Crippen LogP contribution is 2.40. The van der Waals surface area contributed by atoms with Crippen LogP contribution in [0.1, 0.15) is 16.8 Å². The van der Waals surface area contributed by atoms with Gasteiger partial charge in [-0.2, -0.15) is 0 Å². The third kappa shape index (κ3) is 3.91. The average Bonchev–Trinajstić information content (AvgIpc) is 2.99. The number of phenols is 1. The number of phenolic OH excluding ortho intramolecular Hbond substituents is 1. The standard InChI is InChI=1S/C21H23N5O4/c1-12-6-7-15(27)13(2)16(12)17-18-20(26(19(17)22)21(23)28)24-11-14(25-18)5-4-8-30-10-9-29-3/h6-7,11,27H,8-10,22H2,1-3H3,(H2,23,28). The number of amides is 1. The predicted molar refractivity (Wildman–Crippen MR) is 113 cm³/mol. The Morgan fingerprint density at radius 1 is 1.27 bits per heavy atom. The third-order valence-electron chi connectivity index (χ3n) is 4.64. The summed E-state index contributed by atoms with van der Waals surface area (Å²) in [7, 11) is 1.59. The lowest BCUT2D eigenvalue weighted by Crippen LogP contribution is -2.21. The molecule has 0 saturated carbocycles. The molecule has 0 aliphatic carbocycles. The number of ether oxygens (including phenoxy) is 2. The Balaban J connectivity index is 2.15. The van der Waals surface area contributed by atoms with E-state index in [9.17, 15) is 9.90 Å². The van der Waals surface area contributed by atoms with Gasteiger partial charge in [-0.3, -0.25) is 0 Å². The molecule has 1 aromatic carbocycles.